The van der Waals surface area contributed by atoms with Crippen LogP contribution in [0.15, 0.2) is 36.4 Å². The number of nitrogens with zero attached hydrogens (tertiary/aromatic N) is 1. The Morgan fingerprint density at radius 2 is 2.05 bits per heavy atom. The molecule has 2 N–H and O–H groups in total. The molecule has 1 aromatic heterocycles. The summed E-state index contributed by atoms with van der Waals surface area (Å²) in [5, 5.41) is 20.1. The van der Waals surface area contributed by atoms with E-state index in [4.69, 9.17) is 0 Å². The minimum absolute atomic E-state index is 0.862. The number of aliphatic hydroxyl groups excluding tert-OH is 1. The largest absolute Gasteiger partial charge is 0.481 e. The number of fused-ring (bicyclic) bond motifs is 1. The summed E-state index contributed by atoms with van der Waals surface area (Å²) in [5.41, 5.74) is 1.46. The van der Waals surface area contributed by atoms with E-state index in [1.54, 1.807) is 6.08 Å². The smallest absolute Gasteiger partial charge is 0.315 e. The molecule has 116 valence electrons. The van der Waals surface area contributed by atoms with Crippen molar-refractivity contribution in [3.8, 4) is 0 Å². The van der Waals surface area contributed by atoms with E-state index in [9.17, 15) is 15.0 Å². The molecule has 0 aliphatic heterocycles. The molecule has 2 atom stereocenters. The fourth-order valence-electron chi connectivity index (χ4n) is 2.14. The van der Waals surface area contributed by atoms with Gasteiger partial charge in [-0.3, -0.25) is 9.78 Å². The molecule has 1 aromatic carbocycles. The number of benzene rings is 1. The van der Waals surface area contributed by atoms with Gasteiger partial charge in [-0.05, 0) is 38.0 Å². The van der Waals surface area contributed by atoms with E-state index in [1.807, 2.05) is 30.3 Å². The fraction of sp³-hybridized carbons (Fsp3) is 0.333. The third kappa shape index (κ3) is 3.17. The van der Waals surface area contributed by atoms with E-state index in [2.05, 4.69) is 11.9 Å². The summed E-state index contributed by atoms with van der Waals surface area (Å²) in [5.74, 6) is -1.05. The Kier molecular flexibility index (Phi) is 4.62. The van der Waals surface area contributed by atoms with Gasteiger partial charge < -0.3 is 10.2 Å². The lowest BCUT2D eigenvalue weighted by atomic mass is 9.84. The molecule has 4 nitrogen and oxygen atoms in total. The van der Waals surface area contributed by atoms with Crippen molar-refractivity contribution in [2.45, 2.75) is 33.3 Å². The van der Waals surface area contributed by atoms with Crippen LogP contribution in [-0.4, -0.2) is 27.3 Å². The van der Waals surface area contributed by atoms with Gasteiger partial charge in [-0.1, -0.05) is 37.3 Å². The van der Waals surface area contributed by atoms with E-state index in [-0.39, 0.29) is 0 Å². The molecule has 0 bridgehead atoms. The second-order valence-corrected chi connectivity index (χ2v) is 5.71. The summed E-state index contributed by atoms with van der Waals surface area (Å²) >= 11 is 0. The van der Waals surface area contributed by atoms with Crippen molar-refractivity contribution in [2.75, 3.05) is 0 Å². The highest BCUT2D eigenvalue weighted by atomic mass is 16.4. The van der Waals surface area contributed by atoms with Crippen LogP contribution in [0.2, 0.25) is 0 Å². The Hall–Kier alpha value is -2.20. The second kappa shape index (κ2) is 6.28. The first kappa shape index (κ1) is 16.2. The predicted octanol–water partition coefficient (Wildman–Crippen LogP) is 3.28. The average Bonchev–Trinajstić information content (AvgIpc) is 2.51. The molecule has 2 aromatic rings. The summed E-state index contributed by atoms with van der Waals surface area (Å²) in [7, 11) is 0. The summed E-state index contributed by atoms with van der Waals surface area (Å²) in [6, 6.07) is 9.84. The van der Waals surface area contributed by atoms with Crippen LogP contribution in [0.25, 0.3) is 17.0 Å². The molecule has 0 aliphatic carbocycles. The number of carboxylic acids is 1. The quantitative estimate of drug-likeness (QED) is 0.889. The zero-order valence-electron chi connectivity index (χ0n) is 13.1. The van der Waals surface area contributed by atoms with E-state index in [1.165, 1.54) is 19.9 Å². The van der Waals surface area contributed by atoms with Crippen LogP contribution < -0.4 is 0 Å². The SMILES string of the molecule is CCc1ccc2ccc(/C=C/C(C)(C(=O)O)C(C)O)cc2n1. The van der Waals surface area contributed by atoms with Gasteiger partial charge in [0, 0.05) is 11.1 Å². The average molecular weight is 299 g/mol. The molecule has 0 saturated carbocycles. The first-order valence-electron chi connectivity index (χ1n) is 7.37. The number of aromatic nitrogens is 1. The van der Waals surface area contributed by atoms with Crippen molar-refractivity contribution >= 4 is 22.9 Å². The molecule has 0 amide bonds. The summed E-state index contributed by atoms with van der Waals surface area (Å²) in [6.07, 6.45) is 3.15. The Morgan fingerprint density at radius 3 is 2.64 bits per heavy atom. The maximum absolute atomic E-state index is 11.4. The molecule has 2 rings (SSSR count). The van der Waals surface area contributed by atoms with Gasteiger partial charge in [0.1, 0.15) is 5.41 Å². The molecule has 2 unspecified atom stereocenters. The number of hydrogen-bond acceptors (Lipinski definition) is 3. The van der Waals surface area contributed by atoms with E-state index < -0.39 is 17.5 Å². The Labute approximate surface area is 130 Å². The summed E-state index contributed by atoms with van der Waals surface area (Å²) < 4.78 is 0. The summed E-state index contributed by atoms with van der Waals surface area (Å²) in [6.45, 7) is 5.04. The van der Waals surface area contributed by atoms with Gasteiger partial charge in [0.2, 0.25) is 0 Å². The fourth-order valence-corrected chi connectivity index (χ4v) is 2.14. The van der Waals surface area contributed by atoms with Crippen molar-refractivity contribution in [3.63, 3.8) is 0 Å². The molecule has 0 aliphatic rings. The van der Waals surface area contributed by atoms with Gasteiger partial charge in [-0.25, -0.2) is 0 Å². The first-order valence-corrected chi connectivity index (χ1v) is 7.37. The lowest BCUT2D eigenvalue weighted by Gasteiger charge is -2.23. The van der Waals surface area contributed by atoms with Gasteiger partial charge >= 0.3 is 5.97 Å². The van der Waals surface area contributed by atoms with Crippen LogP contribution >= 0.6 is 0 Å². The summed E-state index contributed by atoms with van der Waals surface area (Å²) in [4.78, 5) is 15.9. The molecule has 1 heterocycles. The normalized spacial score (nSPS) is 15.8. The van der Waals surface area contributed by atoms with Crippen molar-refractivity contribution in [3.05, 3.63) is 47.7 Å². The lowest BCUT2D eigenvalue weighted by molar-refractivity contribution is -0.150. The van der Waals surface area contributed by atoms with Gasteiger partial charge in [0.05, 0.1) is 11.6 Å². The molecule has 0 radical (unpaired) electrons. The number of carbonyl (C=O) groups is 1. The van der Waals surface area contributed by atoms with Crippen molar-refractivity contribution in [2.24, 2.45) is 5.41 Å². The third-order valence-corrected chi connectivity index (χ3v) is 4.09. The molecule has 0 fully saturated rings. The highest BCUT2D eigenvalue weighted by Crippen LogP contribution is 2.26. The molecular formula is C18H21NO3. The van der Waals surface area contributed by atoms with Crippen LogP contribution in [0.5, 0.6) is 0 Å². The first-order chi connectivity index (χ1) is 10.4. The number of rotatable bonds is 5. The van der Waals surface area contributed by atoms with Crippen LogP contribution in [0.4, 0.5) is 0 Å². The molecule has 0 saturated heterocycles. The second-order valence-electron chi connectivity index (χ2n) is 5.71. The maximum atomic E-state index is 11.4. The van der Waals surface area contributed by atoms with Crippen LogP contribution in [0, 0.1) is 5.41 Å². The lowest BCUT2D eigenvalue weighted by Crippen LogP contribution is -2.36. The minimum atomic E-state index is -1.31. The Morgan fingerprint density at radius 1 is 1.36 bits per heavy atom. The maximum Gasteiger partial charge on any atom is 0.315 e. The highest BCUT2D eigenvalue weighted by Gasteiger charge is 2.35. The third-order valence-electron chi connectivity index (χ3n) is 4.09. The molecule has 0 spiro atoms. The number of aryl methyl sites for hydroxylation is 1. The topological polar surface area (TPSA) is 70.4 Å². The Bertz CT molecular complexity index is 721. The van der Waals surface area contributed by atoms with Crippen LogP contribution in [-0.2, 0) is 11.2 Å². The predicted molar refractivity (Wildman–Crippen MR) is 87.6 cm³/mol. The van der Waals surface area contributed by atoms with Crippen molar-refractivity contribution in [1.82, 2.24) is 4.98 Å². The van der Waals surface area contributed by atoms with Gasteiger partial charge in [-0.15, -0.1) is 0 Å². The van der Waals surface area contributed by atoms with Gasteiger partial charge in [0.25, 0.3) is 0 Å². The van der Waals surface area contributed by atoms with Crippen molar-refractivity contribution < 1.29 is 15.0 Å². The zero-order chi connectivity index (χ0) is 16.3. The number of carboxylic acid groups (broad SMARTS) is 1. The number of hydrogen-bond donors (Lipinski definition) is 2. The van der Waals surface area contributed by atoms with E-state index in [0.29, 0.717) is 0 Å². The monoisotopic (exact) mass is 299 g/mol. The minimum Gasteiger partial charge on any atom is -0.481 e. The number of aliphatic carboxylic acids is 1. The highest BCUT2D eigenvalue weighted by molar-refractivity contribution is 5.82. The number of aliphatic hydroxyl groups is 1. The van der Waals surface area contributed by atoms with Gasteiger partial charge in [0.15, 0.2) is 0 Å². The zero-order valence-corrected chi connectivity index (χ0v) is 13.1. The van der Waals surface area contributed by atoms with Crippen molar-refractivity contribution in [1.29, 1.82) is 0 Å². The number of pyridine rings is 1. The van der Waals surface area contributed by atoms with E-state index >= 15 is 0 Å². The van der Waals surface area contributed by atoms with Crippen LogP contribution in [0.1, 0.15) is 32.0 Å². The molecule has 4 heteroatoms. The Balaban J connectivity index is 2.38. The van der Waals surface area contributed by atoms with Gasteiger partial charge in [-0.2, -0.15) is 0 Å². The van der Waals surface area contributed by atoms with E-state index in [0.717, 1.165) is 28.6 Å². The standard InChI is InChI=1S/C18H21NO3/c1-4-15-8-7-14-6-5-13(11-16(14)19-15)9-10-18(3,12(2)20)17(21)22/h5-12,20H,4H2,1-3H3,(H,21,22)/b10-9+. The molecule has 22 heavy (non-hydrogen) atoms. The van der Waals surface area contributed by atoms with Crippen LogP contribution in [0.3, 0.4) is 0 Å². The molecular weight excluding hydrogens is 278 g/mol.